The van der Waals surface area contributed by atoms with Gasteiger partial charge in [-0.05, 0) is 14.0 Å². The fraction of sp³-hybridized carbons (Fsp3) is 0.417. The molecule has 0 saturated carbocycles. The summed E-state index contributed by atoms with van der Waals surface area (Å²) in [5, 5.41) is 31.8. The summed E-state index contributed by atoms with van der Waals surface area (Å²) in [7, 11) is 1.49. The number of nitrogens with one attached hydrogen (secondary N) is 2. The minimum Gasteiger partial charge on any atom is -0.595 e. The van der Waals surface area contributed by atoms with Crippen LogP contribution in [0.25, 0.3) is 0 Å². The maximum Gasteiger partial charge on any atom is 0.326 e. The van der Waals surface area contributed by atoms with Gasteiger partial charge >= 0.3 is 5.97 Å². The number of aliphatic hydroxyl groups excluding tert-OH is 1. The Balaban J connectivity index is 3.03. The molecular formula is C12H18N2O5. The van der Waals surface area contributed by atoms with E-state index in [4.69, 9.17) is 9.94 Å². The molecule has 0 saturated heterocycles. The number of hydrogen-bond acceptors (Lipinski definition) is 6. The summed E-state index contributed by atoms with van der Waals surface area (Å²) in [6, 6.07) is 4.98. The van der Waals surface area contributed by atoms with Crippen molar-refractivity contribution in [2.75, 3.05) is 13.7 Å². The van der Waals surface area contributed by atoms with E-state index in [0.29, 0.717) is 0 Å². The number of carbonyl (C=O) groups excluding carboxylic acids is 1. The molecule has 4 N–H and O–H groups in total. The maximum atomic E-state index is 11.7. The first-order valence-electron chi connectivity index (χ1n) is 5.87. The van der Waals surface area contributed by atoms with E-state index in [1.165, 1.54) is 19.2 Å². The monoisotopic (exact) mass is 270 g/mol. The predicted octanol–water partition coefficient (Wildman–Crippen LogP) is -0.725. The van der Waals surface area contributed by atoms with Crippen molar-refractivity contribution in [3.05, 3.63) is 35.0 Å². The molecule has 7 nitrogen and oxygen atoms in total. The van der Waals surface area contributed by atoms with Gasteiger partial charge in [-0.15, -0.1) is 0 Å². The molecule has 0 heterocycles. The van der Waals surface area contributed by atoms with Crippen LogP contribution in [0, 0.1) is 5.21 Å². The van der Waals surface area contributed by atoms with Gasteiger partial charge in [-0.1, -0.05) is 18.2 Å². The molecule has 0 aromatic heterocycles. The molecule has 7 heteroatoms. The fourth-order valence-electron chi connectivity index (χ4n) is 1.77. The smallest absolute Gasteiger partial charge is 0.326 e. The number of likely N-dealkylation sites (N-methyl/N-ethyl adjacent to an activating group) is 1. The average molecular weight is 270 g/mol. The van der Waals surface area contributed by atoms with Gasteiger partial charge < -0.3 is 20.4 Å². The summed E-state index contributed by atoms with van der Waals surface area (Å²) in [6.07, 6.45) is -1.30. The average Bonchev–Trinajstić information content (AvgIpc) is 2.39. The van der Waals surface area contributed by atoms with Crippen LogP contribution in [0.15, 0.2) is 24.3 Å². The minimum atomic E-state index is -1.30. The molecule has 106 valence electrons. The van der Waals surface area contributed by atoms with E-state index in [2.05, 4.69) is 5.32 Å². The van der Waals surface area contributed by atoms with Crippen LogP contribution in [0.5, 0.6) is 0 Å². The molecule has 0 aliphatic carbocycles. The summed E-state index contributed by atoms with van der Waals surface area (Å²) in [5.41, 5.74) is 0.127. The predicted molar refractivity (Wildman–Crippen MR) is 66.7 cm³/mol. The lowest BCUT2D eigenvalue weighted by molar-refractivity contribution is -0.991. The van der Waals surface area contributed by atoms with E-state index >= 15 is 0 Å². The van der Waals surface area contributed by atoms with Gasteiger partial charge in [-0.25, -0.2) is 5.21 Å². The van der Waals surface area contributed by atoms with Crippen LogP contribution in [0.4, 0.5) is 5.69 Å². The topological polar surface area (TPSA) is 106 Å². The number of hydrogen-bond donors (Lipinski definition) is 4. The molecule has 0 bridgehead atoms. The van der Waals surface area contributed by atoms with Crippen LogP contribution in [0.3, 0.4) is 0 Å². The molecule has 1 aromatic carbocycles. The third kappa shape index (κ3) is 3.72. The van der Waals surface area contributed by atoms with E-state index in [1.54, 1.807) is 19.1 Å². The fourth-order valence-corrected chi connectivity index (χ4v) is 1.77. The molecule has 0 aliphatic heterocycles. The second-order valence-corrected chi connectivity index (χ2v) is 3.86. The Bertz CT molecular complexity index is 424. The molecule has 0 amide bonds. The SMILES string of the molecule is CCOC(=O)C(NC)C(O)c1ccccc1[NH+]([O-])O. The summed E-state index contributed by atoms with van der Waals surface area (Å²) in [4.78, 5) is 11.7. The normalized spacial score (nSPS) is 15.6. The van der Waals surface area contributed by atoms with Crippen molar-refractivity contribution in [2.45, 2.75) is 19.1 Å². The molecule has 19 heavy (non-hydrogen) atoms. The van der Waals surface area contributed by atoms with Gasteiger partial charge in [-0.3, -0.25) is 4.79 Å². The van der Waals surface area contributed by atoms with Crippen molar-refractivity contribution < 1.29 is 25.1 Å². The molecule has 1 rings (SSSR count). The van der Waals surface area contributed by atoms with E-state index in [0.717, 1.165) is 0 Å². The first-order valence-corrected chi connectivity index (χ1v) is 5.87. The Morgan fingerprint density at radius 3 is 2.68 bits per heavy atom. The molecular weight excluding hydrogens is 252 g/mol. The summed E-state index contributed by atoms with van der Waals surface area (Å²) in [5.74, 6) is -0.627. The number of carbonyl (C=O) groups is 1. The van der Waals surface area contributed by atoms with E-state index in [-0.39, 0.29) is 17.9 Å². The first kappa shape index (κ1) is 15.5. The highest BCUT2D eigenvalue weighted by molar-refractivity contribution is 5.77. The lowest BCUT2D eigenvalue weighted by Gasteiger charge is -2.23. The third-order valence-electron chi connectivity index (χ3n) is 2.68. The van der Waals surface area contributed by atoms with Crippen molar-refractivity contribution in [1.82, 2.24) is 5.32 Å². The number of rotatable bonds is 6. The van der Waals surface area contributed by atoms with E-state index < -0.39 is 23.3 Å². The summed E-state index contributed by atoms with van der Waals surface area (Å²) >= 11 is 0. The van der Waals surface area contributed by atoms with Crippen molar-refractivity contribution in [2.24, 2.45) is 0 Å². The van der Waals surface area contributed by atoms with Crippen LogP contribution in [-0.2, 0) is 9.53 Å². The van der Waals surface area contributed by atoms with Crippen molar-refractivity contribution in [3.8, 4) is 0 Å². The minimum absolute atomic E-state index is 0.0421. The van der Waals surface area contributed by atoms with Gasteiger partial charge in [-0.2, -0.15) is 5.23 Å². The van der Waals surface area contributed by atoms with Crippen LogP contribution in [0.1, 0.15) is 18.6 Å². The number of para-hydroxylation sites is 1. The van der Waals surface area contributed by atoms with E-state index in [9.17, 15) is 15.1 Å². The second-order valence-electron chi connectivity index (χ2n) is 3.86. The number of ether oxygens (including phenoxy) is 1. The van der Waals surface area contributed by atoms with Crippen LogP contribution < -0.4 is 10.5 Å². The highest BCUT2D eigenvalue weighted by Crippen LogP contribution is 2.23. The van der Waals surface area contributed by atoms with Crippen LogP contribution in [0.2, 0.25) is 0 Å². The maximum absolute atomic E-state index is 11.7. The largest absolute Gasteiger partial charge is 0.595 e. The lowest BCUT2D eigenvalue weighted by Crippen LogP contribution is -2.99. The molecule has 0 aliphatic rings. The quantitative estimate of drug-likeness (QED) is 0.401. The first-order chi connectivity index (χ1) is 9.02. The Hall–Kier alpha value is -1.51. The molecule has 3 unspecified atom stereocenters. The van der Waals surface area contributed by atoms with Gasteiger partial charge in [0.05, 0.1) is 6.61 Å². The van der Waals surface area contributed by atoms with Crippen molar-refractivity contribution in [1.29, 1.82) is 0 Å². The van der Waals surface area contributed by atoms with Crippen molar-refractivity contribution in [3.63, 3.8) is 0 Å². The zero-order chi connectivity index (χ0) is 14.4. The molecule has 3 atom stereocenters. The van der Waals surface area contributed by atoms with Crippen LogP contribution >= 0.6 is 0 Å². The lowest BCUT2D eigenvalue weighted by atomic mass is 10.0. The van der Waals surface area contributed by atoms with Gasteiger partial charge in [0.25, 0.3) is 0 Å². The summed E-state index contributed by atoms with van der Waals surface area (Å²) in [6.45, 7) is 1.84. The molecule has 0 spiro atoms. The Labute approximate surface area is 110 Å². The van der Waals surface area contributed by atoms with Gasteiger partial charge in [0.15, 0.2) is 5.69 Å². The Kier molecular flexibility index (Phi) is 5.87. The number of aliphatic hydroxyl groups is 1. The Morgan fingerprint density at radius 1 is 1.53 bits per heavy atom. The van der Waals surface area contributed by atoms with E-state index in [1.807, 2.05) is 0 Å². The van der Waals surface area contributed by atoms with Gasteiger partial charge in [0, 0.05) is 11.6 Å². The van der Waals surface area contributed by atoms with Gasteiger partial charge in [0.1, 0.15) is 12.1 Å². The third-order valence-corrected chi connectivity index (χ3v) is 2.68. The zero-order valence-corrected chi connectivity index (χ0v) is 10.8. The molecule has 0 fully saturated rings. The molecule has 0 radical (unpaired) electrons. The number of quaternary nitrogens is 1. The van der Waals surface area contributed by atoms with Crippen LogP contribution in [-0.4, -0.2) is 36.0 Å². The zero-order valence-electron chi connectivity index (χ0n) is 10.8. The molecule has 1 aromatic rings. The Morgan fingerprint density at radius 2 is 2.16 bits per heavy atom. The number of esters is 1. The standard InChI is InChI=1S/C12H18N2O5/c1-3-19-12(16)10(13-2)11(15)8-6-4-5-7-9(8)14(17)18/h4-7,10-11,13-15,17H,3H2,1-2H3. The van der Waals surface area contributed by atoms with Crippen molar-refractivity contribution >= 4 is 11.7 Å². The number of benzene rings is 1. The second kappa shape index (κ2) is 7.17. The highest BCUT2D eigenvalue weighted by atomic mass is 16.8. The highest BCUT2D eigenvalue weighted by Gasteiger charge is 2.30. The van der Waals surface area contributed by atoms with Gasteiger partial charge in [0.2, 0.25) is 0 Å². The summed E-state index contributed by atoms with van der Waals surface area (Å²) < 4.78 is 4.83.